The van der Waals surface area contributed by atoms with Gasteiger partial charge in [-0.3, -0.25) is 5.10 Å². The normalized spacial score (nSPS) is 10.9. The first-order valence-corrected chi connectivity index (χ1v) is 6.71. The summed E-state index contributed by atoms with van der Waals surface area (Å²) in [6, 6.07) is 10.0. The number of pyridine rings is 1. The van der Waals surface area contributed by atoms with Gasteiger partial charge in [0.05, 0.1) is 12.1 Å². The Morgan fingerprint density at radius 3 is 2.95 bits per heavy atom. The number of nitrogen functional groups attached to an aromatic ring is 1. The second-order valence-electron chi connectivity index (χ2n) is 4.72. The maximum Gasteiger partial charge on any atom is 0.153 e. The highest BCUT2D eigenvalue weighted by molar-refractivity contribution is 5.92. The Labute approximate surface area is 122 Å². The third-order valence-electron chi connectivity index (χ3n) is 3.30. The highest BCUT2D eigenvalue weighted by Gasteiger charge is 2.05. The molecular formula is C15H17N5O. The van der Waals surface area contributed by atoms with Gasteiger partial charge in [-0.15, -0.1) is 0 Å². The molecule has 1 aromatic carbocycles. The van der Waals surface area contributed by atoms with Crippen molar-refractivity contribution in [3.63, 3.8) is 0 Å². The van der Waals surface area contributed by atoms with Crippen LogP contribution in [0.2, 0.25) is 0 Å². The second kappa shape index (κ2) is 5.80. The standard InChI is InChI=1S/C15H17N5O/c1-21-7-6-18-14-9-11(4-5-17-14)10-2-3-13-12(8-10)15(16)20-19-13/h2-5,8-9H,6-7H2,1H3,(H,17,18)(H3,16,19,20). The molecule has 0 aliphatic carbocycles. The lowest BCUT2D eigenvalue weighted by atomic mass is 10.0. The number of anilines is 2. The summed E-state index contributed by atoms with van der Waals surface area (Å²) in [6.07, 6.45) is 1.79. The highest BCUT2D eigenvalue weighted by atomic mass is 16.5. The third kappa shape index (κ3) is 2.80. The van der Waals surface area contributed by atoms with Crippen molar-refractivity contribution < 1.29 is 4.74 Å². The summed E-state index contributed by atoms with van der Waals surface area (Å²) in [6.45, 7) is 1.37. The molecule has 21 heavy (non-hydrogen) atoms. The van der Waals surface area contributed by atoms with Crippen LogP contribution >= 0.6 is 0 Å². The Bertz CT molecular complexity index is 753. The first-order valence-electron chi connectivity index (χ1n) is 6.71. The molecule has 0 unspecified atom stereocenters. The summed E-state index contributed by atoms with van der Waals surface area (Å²) < 4.78 is 5.02. The van der Waals surface area contributed by atoms with E-state index in [1.54, 1.807) is 13.3 Å². The maximum absolute atomic E-state index is 5.85. The third-order valence-corrected chi connectivity index (χ3v) is 3.30. The quantitative estimate of drug-likeness (QED) is 0.625. The van der Waals surface area contributed by atoms with Crippen molar-refractivity contribution in [2.75, 3.05) is 31.3 Å². The van der Waals surface area contributed by atoms with Crippen molar-refractivity contribution in [3.8, 4) is 11.1 Å². The number of nitrogens with two attached hydrogens (primary N) is 1. The van der Waals surface area contributed by atoms with Crippen LogP contribution in [0.5, 0.6) is 0 Å². The lowest BCUT2D eigenvalue weighted by Crippen LogP contribution is -2.08. The zero-order valence-electron chi connectivity index (χ0n) is 11.8. The van der Waals surface area contributed by atoms with Gasteiger partial charge in [0.2, 0.25) is 0 Å². The molecule has 3 rings (SSSR count). The monoisotopic (exact) mass is 283 g/mol. The maximum atomic E-state index is 5.85. The minimum Gasteiger partial charge on any atom is -0.383 e. The van der Waals surface area contributed by atoms with E-state index in [4.69, 9.17) is 10.5 Å². The lowest BCUT2D eigenvalue weighted by Gasteiger charge is -2.07. The molecule has 2 heterocycles. The Hall–Kier alpha value is -2.60. The first-order chi connectivity index (χ1) is 10.3. The number of nitrogens with one attached hydrogen (secondary N) is 2. The average Bonchev–Trinajstić information content (AvgIpc) is 2.89. The summed E-state index contributed by atoms with van der Waals surface area (Å²) in [4.78, 5) is 4.30. The number of hydrogen-bond donors (Lipinski definition) is 3. The van der Waals surface area contributed by atoms with Crippen molar-refractivity contribution in [2.45, 2.75) is 0 Å². The van der Waals surface area contributed by atoms with E-state index in [1.165, 1.54) is 0 Å². The van der Waals surface area contributed by atoms with Gasteiger partial charge >= 0.3 is 0 Å². The summed E-state index contributed by atoms with van der Waals surface area (Å²) >= 11 is 0. The number of methoxy groups -OCH3 is 1. The SMILES string of the molecule is COCCNc1cc(-c2ccc3[nH]nc(N)c3c2)ccn1. The van der Waals surface area contributed by atoms with Crippen molar-refractivity contribution >= 4 is 22.5 Å². The molecule has 3 aromatic rings. The molecule has 0 saturated heterocycles. The number of nitrogens with zero attached hydrogens (tertiary/aromatic N) is 2. The van der Waals surface area contributed by atoms with Gasteiger partial charge < -0.3 is 15.8 Å². The molecule has 4 N–H and O–H groups in total. The zero-order valence-corrected chi connectivity index (χ0v) is 11.8. The van der Waals surface area contributed by atoms with Crippen LogP contribution in [-0.2, 0) is 4.74 Å². The van der Waals surface area contributed by atoms with Gasteiger partial charge in [-0.25, -0.2) is 4.98 Å². The predicted octanol–water partition coefficient (Wildman–Crippen LogP) is 2.27. The van der Waals surface area contributed by atoms with Crippen LogP contribution in [0.1, 0.15) is 0 Å². The van der Waals surface area contributed by atoms with Crippen molar-refractivity contribution in [1.29, 1.82) is 0 Å². The first kappa shape index (κ1) is 13.4. The van der Waals surface area contributed by atoms with Gasteiger partial charge in [-0.1, -0.05) is 6.07 Å². The van der Waals surface area contributed by atoms with Crippen molar-refractivity contribution in [3.05, 3.63) is 36.5 Å². The Kier molecular flexibility index (Phi) is 3.70. The predicted molar refractivity (Wildman–Crippen MR) is 84.1 cm³/mol. The molecule has 6 nitrogen and oxygen atoms in total. The zero-order chi connectivity index (χ0) is 14.7. The minimum absolute atomic E-state index is 0.513. The number of aromatic amines is 1. The van der Waals surface area contributed by atoms with E-state index < -0.39 is 0 Å². The largest absolute Gasteiger partial charge is 0.383 e. The second-order valence-corrected chi connectivity index (χ2v) is 4.72. The smallest absolute Gasteiger partial charge is 0.153 e. The number of benzene rings is 1. The molecule has 0 spiro atoms. The van der Waals surface area contributed by atoms with Crippen LogP contribution in [0.3, 0.4) is 0 Å². The Morgan fingerprint density at radius 1 is 1.24 bits per heavy atom. The molecule has 0 aliphatic heterocycles. The molecule has 0 fully saturated rings. The summed E-state index contributed by atoms with van der Waals surface area (Å²) in [5, 5.41) is 11.1. The van der Waals surface area contributed by atoms with E-state index in [0.29, 0.717) is 12.4 Å². The summed E-state index contributed by atoms with van der Waals surface area (Å²) in [5.41, 5.74) is 8.94. The van der Waals surface area contributed by atoms with E-state index in [1.807, 2.05) is 30.3 Å². The fourth-order valence-corrected chi connectivity index (χ4v) is 2.20. The molecular weight excluding hydrogens is 266 g/mol. The van der Waals surface area contributed by atoms with Gasteiger partial charge in [0.25, 0.3) is 0 Å². The highest BCUT2D eigenvalue weighted by Crippen LogP contribution is 2.27. The number of hydrogen-bond acceptors (Lipinski definition) is 5. The van der Waals surface area contributed by atoms with Gasteiger partial charge in [0, 0.05) is 25.2 Å². The van der Waals surface area contributed by atoms with Crippen LogP contribution in [0, 0.1) is 0 Å². The topological polar surface area (TPSA) is 88.8 Å². The number of rotatable bonds is 5. The van der Waals surface area contributed by atoms with Gasteiger partial charge in [-0.05, 0) is 35.4 Å². The van der Waals surface area contributed by atoms with Gasteiger partial charge in [-0.2, -0.15) is 5.10 Å². The van der Waals surface area contributed by atoms with E-state index in [2.05, 4.69) is 20.5 Å². The van der Waals surface area contributed by atoms with E-state index in [9.17, 15) is 0 Å². The molecule has 0 saturated carbocycles. The Morgan fingerprint density at radius 2 is 2.10 bits per heavy atom. The number of H-pyrrole nitrogens is 1. The van der Waals surface area contributed by atoms with E-state index in [-0.39, 0.29) is 0 Å². The molecule has 6 heteroatoms. The van der Waals surface area contributed by atoms with Gasteiger partial charge in [0.15, 0.2) is 5.82 Å². The summed E-state index contributed by atoms with van der Waals surface area (Å²) in [5.74, 6) is 1.34. The molecule has 2 aromatic heterocycles. The molecule has 0 radical (unpaired) electrons. The van der Waals surface area contributed by atoms with Crippen LogP contribution < -0.4 is 11.1 Å². The van der Waals surface area contributed by atoms with Crippen molar-refractivity contribution in [1.82, 2.24) is 15.2 Å². The van der Waals surface area contributed by atoms with Crippen molar-refractivity contribution in [2.24, 2.45) is 0 Å². The summed E-state index contributed by atoms with van der Waals surface area (Å²) in [7, 11) is 1.68. The van der Waals surface area contributed by atoms with Crippen LogP contribution in [0.15, 0.2) is 36.5 Å². The van der Waals surface area contributed by atoms with E-state index in [0.717, 1.165) is 34.4 Å². The lowest BCUT2D eigenvalue weighted by molar-refractivity contribution is 0.210. The Balaban J connectivity index is 1.90. The number of ether oxygens (including phenoxy) is 1. The van der Waals surface area contributed by atoms with Gasteiger partial charge in [0.1, 0.15) is 5.82 Å². The fraction of sp³-hybridized carbons (Fsp3) is 0.200. The molecule has 0 bridgehead atoms. The average molecular weight is 283 g/mol. The molecule has 0 aliphatic rings. The van der Waals surface area contributed by atoms with Crippen LogP contribution in [0.4, 0.5) is 11.6 Å². The van der Waals surface area contributed by atoms with Crippen LogP contribution in [0.25, 0.3) is 22.0 Å². The number of aromatic nitrogens is 3. The van der Waals surface area contributed by atoms with Crippen LogP contribution in [-0.4, -0.2) is 35.4 Å². The van der Waals surface area contributed by atoms with E-state index >= 15 is 0 Å². The molecule has 108 valence electrons. The number of fused-ring (bicyclic) bond motifs is 1. The minimum atomic E-state index is 0.513. The fourth-order valence-electron chi connectivity index (χ4n) is 2.20. The molecule has 0 atom stereocenters. The molecule has 0 amide bonds.